The summed E-state index contributed by atoms with van der Waals surface area (Å²) in [7, 11) is 4.11. The van der Waals surface area contributed by atoms with Crippen molar-refractivity contribution < 1.29 is 14.3 Å². The van der Waals surface area contributed by atoms with E-state index in [0.717, 1.165) is 0 Å². The van der Waals surface area contributed by atoms with Gasteiger partial charge in [0.15, 0.2) is 5.75 Å². The van der Waals surface area contributed by atoms with E-state index in [1.165, 1.54) is 25.1 Å². The molecule has 0 spiro atoms. The van der Waals surface area contributed by atoms with Crippen LogP contribution in [0.5, 0.6) is 5.75 Å². The fourth-order valence-electron chi connectivity index (χ4n) is 0.953. The molecule has 0 saturated heterocycles. The standard InChI is InChI=1S/C8H10N2O4/c1-10-4-5(13-2)7(11)6(9-10)8(12)14-3/h4H,1-3H3. The summed E-state index contributed by atoms with van der Waals surface area (Å²) in [6.45, 7) is 0. The molecular formula is C8H10N2O4. The number of hydrogen-bond acceptors (Lipinski definition) is 5. The molecule has 0 aliphatic carbocycles. The minimum absolute atomic E-state index is 0.0582. The molecule has 0 N–H and O–H groups in total. The van der Waals surface area contributed by atoms with Gasteiger partial charge in [-0.1, -0.05) is 0 Å². The molecule has 1 aromatic rings. The minimum Gasteiger partial charge on any atom is -0.491 e. The first-order valence-corrected chi connectivity index (χ1v) is 3.80. The summed E-state index contributed by atoms with van der Waals surface area (Å²) in [6, 6.07) is 0. The summed E-state index contributed by atoms with van der Waals surface area (Å²) in [5.74, 6) is -0.715. The van der Waals surface area contributed by atoms with E-state index in [1.54, 1.807) is 7.05 Å². The monoisotopic (exact) mass is 198 g/mol. The summed E-state index contributed by atoms with van der Waals surface area (Å²) >= 11 is 0. The number of rotatable bonds is 2. The van der Waals surface area contributed by atoms with Gasteiger partial charge in [0.25, 0.3) is 5.43 Å². The summed E-state index contributed by atoms with van der Waals surface area (Å²) in [5.41, 5.74) is -0.855. The van der Waals surface area contributed by atoms with E-state index < -0.39 is 11.4 Å². The molecule has 1 aromatic heterocycles. The highest BCUT2D eigenvalue weighted by atomic mass is 16.5. The Morgan fingerprint density at radius 1 is 1.50 bits per heavy atom. The Morgan fingerprint density at radius 3 is 2.64 bits per heavy atom. The minimum atomic E-state index is -0.774. The number of methoxy groups -OCH3 is 2. The van der Waals surface area contributed by atoms with Gasteiger partial charge in [-0.2, -0.15) is 5.10 Å². The van der Waals surface area contributed by atoms with Crippen molar-refractivity contribution in [3.63, 3.8) is 0 Å². The van der Waals surface area contributed by atoms with Gasteiger partial charge in [-0.3, -0.25) is 9.48 Å². The van der Waals surface area contributed by atoms with Gasteiger partial charge in [0.1, 0.15) is 0 Å². The Bertz CT molecular complexity index is 410. The molecule has 6 heteroatoms. The molecule has 0 bridgehead atoms. The first-order chi connectivity index (χ1) is 6.60. The van der Waals surface area contributed by atoms with Crippen LogP contribution in [0.4, 0.5) is 0 Å². The van der Waals surface area contributed by atoms with Gasteiger partial charge in [0, 0.05) is 7.05 Å². The first kappa shape index (κ1) is 10.2. The van der Waals surface area contributed by atoms with E-state index in [0.29, 0.717) is 0 Å². The van der Waals surface area contributed by atoms with Crippen LogP contribution in [0.2, 0.25) is 0 Å². The largest absolute Gasteiger partial charge is 0.491 e. The number of aryl methyl sites for hydroxylation is 1. The molecule has 14 heavy (non-hydrogen) atoms. The second-order valence-corrected chi connectivity index (χ2v) is 2.54. The summed E-state index contributed by atoms with van der Waals surface area (Å²) in [5, 5.41) is 3.70. The van der Waals surface area contributed by atoms with Crippen LogP contribution >= 0.6 is 0 Å². The van der Waals surface area contributed by atoms with Crippen molar-refractivity contribution in [3.8, 4) is 5.75 Å². The lowest BCUT2D eigenvalue weighted by Crippen LogP contribution is -2.23. The molecule has 0 unspecified atom stereocenters. The van der Waals surface area contributed by atoms with Crippen LogP contribution in [0.1, 0.15) is 10.5 Å². The van der Waals surface area contributed by atoms with Gasteiger partial charge >= 0.3 is 5.97 Å². The highest BCUT2D eigenvalue weighted by Crippen LogP contribution is 2.01. The van der Waals surface area contributed by atoms with Crippen molar-refractivity contribution in [2.75, 3.05) is 14.2 Å². The van der Waals surface area contributed by atoms with Gasteiger partial charge in [-0.25, -0.2) is 4.79 Å². The van der Waals surface area contributed by atoms with Crippen LogP contribution in [0.3, 0.4) is 0 Å². The van der Waals surface area contributed by atoms with E-state index in [1.807, 2.05) is 0 Å². The number of ether oxygens (including phenoxy) is 2. The molecule has 1 rings (SSSR count). The van der Waals surface area contributed by atoms with Crippen molar-refractivity contribution in [3.05, 3.63) is 22.1 Å². The highest BCUT2D eigenvalue weighted by molar-refractivity contribution is 5.87. The maximum Gasteiger partial charge on any atom is 0.362 e. The zero-order valence-electron chi connectivity index (χ0n) is 8.10. The molecule has 0 saturated carbocycles. The quantitative estimate of drug-likeness (QED) is 0.603. The fraction of sp³-hybridized carbons (Fsp3) is 0.375. The molecule has 0 radical (unpaired) electrons. The van der Waals surface area contributed by atoms with Crippen LogP contribution in [-0.4, -0.2) is 30.0 Å². The Morgan fingerprint density at radius 2 is 2.14 bits per heavy atom. The molecule has 0 aliphatic heterocycles. The summed E-state index contributed by atoms with van der Waals surface area (Å²) in [4.78, 5) is 22.6. The summed E-state index contributed by atoms with van der Waals surface area (Å²) in [6.07, 6.45) is 1.38. The highest BCUT2D eigenvalue weighted by Gasteiger charge is 2.16. The number of esters is 1. The second-order valence-electron chi connectivity index (χ2n) is 2.54. The lowest BCUT2D eigenvalue weighted by atomic mass is 10.3. The van der Waals surface area contributed by atoms with E-state index in [2.05, 4.69) is 9.84 Å². The average Bonchev–Trinajstić information content (AvgIpc) is 2.19. The molecule has 0 aliphatic rings. The van der Waals surface area contributed by atoms with E-state index in [-0.39, 0.29) is 11.4 Å². The van der Waals surface area contributed by atoms with Gasteiger partial charge in [0.2, 0.25) is 5.69 Å². The SMILES string of the molecule is COC(=O)c1nn(C)cc(OC)c1=O. The van der Waals surface area contributed by atoms with Crippen LogP contribution in [0.15, 0.2) is 11.0 Å². The third-order valence-electron chi connectivity index (χ3n) is 1.60. The van der Waals surface area contributed by atoms with E-state index in [4.69, 9.17) is 4.74 Å². The molecule has 0 aromatic carbocycles. The van der Waals surface area contributed by atoms with E-state index in [9.17, 15) is 9.59 Å². The maximum atomic E-state index is 11.5. The number of hydrogen-bond donors (Lipinski definition) is 0. The zero-order valence-corrected chi connectivity index (χ0v) is 8.10. The smallest absolute Gasteiger partial charge is 0.362 e. The normalized spacial score (nSPS) is 9.64. The summed E-state index contributed by atoms with van der Waals surface area (Å²) < 4.78 is 10.5. The number of aromatic nitrogens is 2. The van der Waals surface area contributed by atoms with Gasteiger partial charge in [-0.05, 0) is 0 Å². The van der Waals surface area contributed by atoms with Crippen molar-refractivity contribution in [1.82, 2.24) is 9.78 Å². The first-order valence-electron chi connectivity index (χ1n) is 3.80. The van der Waals surface area contributed by atoms with Gasteiger partial charge < -0.3 is 9.47 Å². The van der Waals surface area contributed by atoms with Crippen molar-refractivity contribution >= 4 is 5.97 Å². The zero-order chi connectivity index (χ0) is 10.7. The Labute approximate surface area is 80.1 Å². The van der Waals surface area contributed by atoms with Crippen LogP contribution < -0.4 is 10.2 Å². The van der Waals surface area contributed by atoms with Crippen molar-refractivity contribution in [2.45, 2.75) is 0 Å². The Balaban J connectivity index is 3.37. The fourth-order valence-corrected chi connectivity index (χ4v) is 0.953. The second kappa shape index (κ2) is 3.91. The van der Waals surface area contributed by atoms with Crippen LogP contribution in [0.25, 0.3) is 0 Å². The lowest BCUT2D eigenvalue weighted by Gasteiger charge is -2.04. The predicted octanol–water partition coefficient (Wildman–Crippen LogP) is -0.425. The average molecular weight is 198 g/mol. The molecular weight excluding hydrogens is 188 g/mol. The number of carbonyl (C=O) groups is 1. The molecule has 6 nitrogen and oxygen atoms in total. The predicted molar refractivity (Wildman–Crippen MR) is 47.4 cm³/mol. The number of nitrogens with zero attached hydrogens (tertiary/aromatic N) is 2. The topological polar surface area (TPSA) is 70.4 Å². The maximum absolute atomic E-state index is 11.5. The van der Waals surface area contributed by atoms with Crippen molar-refractivity contribution in [2.24, 2.45) is 7.05 Å². The van der Waals surface area contributed by atoms with E-state index >= 15 is 0 Å². The molecule has 0 fully saturated rings. The Hall–Kier alpha value is -1.85. The van der Waals surface area contributed by atoms with Gasteiger partial charge in [-0.15, -0.1) is 0 Å². The van der Waals surface area contributed by atoms with Crippen molar-refractivity contribution in [1.29, 1.82) is 0 Å². The third-order valence-corrected chi connectivity index (χ3v) is 1.60. The Kier molecular flexibility index (Phi) is 2.85. The lowest BCUT2D eigenvalue weighted by molar-refractivity contribution is 0.0589. The van der Waals surface area contributed by atoms with Crippen LogP contribution in [-0.2, 0) is 11.8 Å². The van der Waals surface area contributed by atoms with Crippen LogP contribution in [0, 0.1) is 0 Å². The van der Waals surface area contributed by atoms with Gasteiger partial charge in [0.05, 0.1) is 20.4 Å². The third kappa shape index (κ3) is 1.73. The molecule has 0 atom stereocenters. The molecule has 0 amide bonds. The molecule has 76 valence electrons. The molecule has 1 heterocycles. The number of carbonyl (C=O) groups excluding carboxylic acids is 1.